The van der Waals surface area contributed by atoms with Crippen molar-refractivity contribution in [3.63, 3.8) is 0 Å². The monoisotopic (exact) mass is 343 g/mol. The molecule has 1 aromatic heterocycles. The molecule has 0 saturated heterocycles. The van der Waals surface area contributed by atoms with Gasteiger partial charge in [-0.25, -0.2) is 4.68 Å². The Hall–Kier alpha value is -0.380. The van der Waals surface area contributed by atoms with Gasteiger partial charge in [0.25, 0.3) is 0 Å². The lowest BCUT2D eigenvalue weighted by Crippen LogP contribution is -2.23. The van der Waals surface area contributed by atoms with Crippen LogP contribution in [0.2, 0.25) is 0 Å². The summed E-state index contributed by atoms with van der Waals surface area (Å²) in [5.74, 6) is 0. The minimum absolute atomic E-state index is 0.163. The molecule has 1 atom stereocenters. The van der Waals surface area contributed by atoms with E-state index in [0.29, 0.717) is 0 Å². The molecule has 0 N–H and O–H groups in total. The maximum absolute atomic E-state index is 4.43. The van der Waals surface area contributed by atoms with Crippen molar-refractivity contribution >= 4 is 15.9 Å². The van der Waals surface area contributed by atoms with Gasteiger partial charge in [-0.05, 0) is 28.8 Å². The first kappa shape index (κ1) is 17.7. The summed E-state index contributed by atoms with van der Waals surface area (Å²) in [7, 11) is 1.95. The molecule has 0 fully saturated rings. The first-order valence-electron chi connectivity index (χ1n) is 8.10. The average Bonchev–Trinajstić information content (AvgIpc) is 2.76. The minimum Gasteiger partial charge on any atom is -0.241 e. The van der Waals surface area contributed by atoms with E-state index in [4.69, 9.17) is 0 Å². The number of aromatic nitrogens is 3. The molecule has 0 aliphatic rings. The van der Waals surface area contributed by atoms with Gasteiger partial charge in [0, 0.05) is 12.5 Å². The summed E-state index contributed by atoms with van der Waals surface area (Å²) in [6.45, 7) is 6.89. The van der Waals surface area contributed by atoms with Crippen molar-refractivity contribution in [2.75, 3.05) is 0 Å². The summed E-state index contributed by atoms with van der Waals surface area (Å²) in [5, 5.41) is 8.61. The highest BCUT2D eigenvalue weighted by molar-refractivity contribution is 9.10. The number of hydrogen-bond acceptors (Lipinski definition) is 2. The van der Waals surface area contributed by atoms with Crippen LogP contribution in [0.5, 0.6) is 0 Å². The number of hydrogen-bond donors (Lipinski definition) is 0. The number of rotatable bonds is 10. The van der Waals surface area contributed by atoms with Crippen LogP contribution >= 0.6 is 15.9 Å². The molecule has 1 aromatic rings. The fourth-order valence-corrected chi connectivity index (χ4v) is 3.41. The third-order valence-corrected chi connectivity index (χ3v) is 5.13. The number of aryl methyl sites for hydroxylation is 1. The molecule has 0 saturated carbocycles. The summed E-state index contributed by atoms with van der Waals surface area (Å²) < 4.78 is 2.88. The first-order chi connectivity index (χ1) is 9.55. The Morgan fingerprint density at radius 3 is 2.05 bits per heavy atom. The largest absolute Gasteiger partial charge is 0.241 e. The molecule has 0 bridgehead atoms. The summed E-state index contributed by atoms with van der Waals surface area (Å²) in [6.07, 6.45) is 11.5. The van der Waals surface area contributed by atoms with Gasteiger partial charge in [-0.2, -0.15) is 0 Å². The van der Waals surface area contributed by atoms with Gasteiger partial charge in [-0.15, -0.1) is 5.10 Å². The molecule has 4 heteroatoms. The van der Waals surface area contributed by atoms with Gasteiger partial charge in [-0.3, -0.25) is 0 Å². The number of halogens is 1. The molecular formula is C16H30BrN3. The van der Waals surface area contributed by atoms with Crippen LogP contribution in [0.25, 0.3) is 0 Å². The van der Waals surface area contributed by atoms with Gasteiger partial charge in [-0.1, -0.05) is 70.9 Å². The third kappa shape index (κ3) is 4.87. The number of nitrogens with zero attached hydrogens (tertiary/aromatic N) is 3. The van der Waals surface area contributed by atoms with E-state index < -0.39 is 0 Å². The molecule has 0 aliphatic heterocycles. The van der Waals surface area contributed by atoms with E-state index in [1.165, 1.54) is 57.8 Å². The summed E-state index contributed by atoms with van der Waals surface area (Å²) in [6, 6.07) is 0. The predicted molar refractivity (Wildman–Crippen MR) is 89.0 cm³/mol. The zero-order chi connectivity index (χ0) is 15.0. The molecule has 3 nitrogen and oxygen atoms in total. The van der Waals surface area contributed by atoms with E-state index >= 15 is 0 Å². The van der Waals surface area contributed by atoms with Crippen LogP contribution in [0.3, 0.4) is 0 Å². The standard InChI is InChI=1S/C16H30BrN3/c1-5-7-9-11-13-16(3,12-10-8-6-2)14-15(17)20(4)19-18-14/h5-13H2,1-4H3. The van der Waals surface area contributed by atoms with Crippen molar-refractivity contribution in [2.45, 2.75) is 84.0 Å². The number of unbranched alkanes of at least 4 members (excludes halogenated alkanes) is 5. The second-order valence-corrected chi connectivity index (χ2v) is 6.93. The van der Waals surface area contributed by atoms with Crippen molar-refractivity contribution in [2.24, 2.45) is 7.05 Å². The lowest BCUT2D eigenvalue weighted by atomic mass is 9.77. The van der Waals surface area contributed by atoms with Crippen LogP contribution in [-0.4, -0.2) is 15.0 Å². The SMILES string of the molecule is CCCCCCC(C)(CCCCC)c1nnn(C)c1Br. The van der Waals surface area contributed by atoms with Gasteiger partial charge < -0.3 is 0 Å². The van der Waals surface area contributed by atoms with Crippen molar-refractivity contribution in [3.05, 3.63) is 10.3 Å². The van der Waals surface area contributed by atoms with Gasteiger partial charge in [0.15, 0.2) is 0 Å². The van der Waals surface area contributed by atoms with E-state index in [1.807, 2.05) is 11.7 Å². The lowest BCUT2D eigenvalue weighted by Gasteiger charge is -2.28. The van der Waals surface area contributed by atoms with E-state index in [9.17, 15) is 0 Å². The third-order valence-electron chi connectivity index (χ3n) is 4.24. The van der Waals surface area contributed by atoms with Crippen molar-refractivity contribution in [3.8, 4) is 0 Å². The summed E-state index contributed by atoms with van der Waals surface area (Å²) in [5.41, 5.74) is 1.31. The molecule has 0 aliphatic carbocycles. The summed E-state index contributed by atoms with van der Waals surface area (Å²) in [4.78, 5) is 0. The first-order valence-corrected chi connectivity index (χ1v) is 8.90. The quantitative estimate of drug-likeness (QED) is 0.533. The highest BCUT2D eigenvalue weighted by atomic mass is 79.9. The molecular weight excluding hydrogens is 314 g/mol. The molecule has 20 heavy (non-hydrogen) atoms. The molecule has 0 aromatic carbocycles. The van der Waals surface area contributed by atoms with E-state index in [2.05, 4.69) is 47.0 Å². The van der Waals surface area contributed by atoms with Crippen LogP contribution in [0.1, 0.15) is 84.3 Å². The van der Waals surface area contributed by atoms with Gasteiger partial charge in [0.2, 0.25) is 0 Å². The smallest absolute Gasteiger partial charge is 0.127 e. The van der Waals surface area contributed by atoms with Gasteiger partial charge in [0.05, 0.1) is 0 Å². The second-order valence-electron chi connectivity index (χ2n) is 6.18. The van der Waals surface area contributed by atoms with E-state index in [1.54, 1.807) is 0 Å². The zero-order valence-corrected chi connectivity index (χ0v) is 15.2. The normalized spacial score (nSPS) is 14.4. The molecule has 0 radical (unpaired) electrons. The van der Waals surface area contributed by atoms with E-state index in [-0.39, 0.29) is 5.41 Å². The van der Waals surface area contributed by atoms with Crippen LogP contribution < -0.4 is 0 Å². The Morgan fingerprint density at radius 2 is 1.55 bits per heavy atom. The van der Waals surface area contributed by atoms with Gasteiger partial charge >= 0.3 is 0 Å². The molecule has 1 heterocycles. The Labute approximate surface area is 132 Å². The summed E-state index contributed by atoms with van der Waals surface area (Å²) >= 11 is 3.66. The Morgan fingerprint density at radius 1 is 1.00 bits per heavy atom. The second kappa shape index (κ2) is 8.81. The Balaban J connectivity index is 2.74. The molecule has 0 spiro atoms. The van der Waals surface area contributed by atoms with Crippen molar-refractivity contribution < 1.29 is 0 Å². The topological polar surface area (TPSA) is 30.7 Å². The van der Waals surface area contributed by atoms with E-state index in [0.717, 1.165) is 10.3 Å². The molecule has 0 amide bonds. The highest BCUT2D eigenvalue weighted by Gasteiger charge is 2.31. The Kier molecular flexibility index (Phi) is 7.78. The minimum atomic E-state index is 0.163. The van der Waals surface area contributed by atoms with Crippen molar-refractivity contribution in [1.82, 2.24) is 15.0 Å². The zero-order valence-electron chi connectivity index (χ0n) is 13.6. The maximum atomic E-state index is 4.43. The van der Waals surface area contributed by atoms with Crippen LogP contribution in [-0.2, 0) is 12.5 Å². The Bertz CT molecular complexity index is 389. The lowest BCUT2D eigenvalue weighted by molar-refractivity contribution is 0.355. The fourth-order valence-electron chi connectivity index (χ4n) is 2.78. The average molecular weight is 344 g/mol. The van der Waals surface area contributed by atoms with Gasteiger partial charge in [0.1, 0.15) is 10.3 Å². The molecule has 1 unspecified atom stereocenters. The highest BCUT2D eigenvalue weighted by Crippen LogP contribution is 2.37. The van der Waals surface area contributed by atoms with Crippen molar-refractivity contribution in [1.29, 1.82) is 0 Å². The molecule has 1 rings (SSSR count). The molecule has 116 valence electrons. The van der Waals surface area contributed by atoms with Crippen LogP contribution in [0.4, 0.5) is 0 Å². The van der Waals surface area contributed by atoms with Crippen LogP contribution in [0, 0.1) is 0 Å². The predicted octanol–water partition coefficient (Wildman–Crippen LogP) is 5.39. The maximum Gasteiger partial charge on any atom is 0.127 e. The van der Waals surface area contributed by atoms with Crippen LogP contribution in [0.15, 0.2) is 4.60 Å². The fraction of sp³-hybridized carbons (Fsp3) is 0.875.